The monoisotopic (exact) mass is 311 g/mol. The molecule has 1 fully saturated rings. The van der Waals surface area contributed by atoms with Crippen LogP contribution in [0.5, 0.6) is 0 Å². The first-order chi connectivity index (χ1) is 9.63. The third-order valence-corrected chi connectivity index (χ3v) is 3.87. The number of rotatable bonds is 2. The van der Waals surface area contributed by atoms with E-state index in [0.29, 0.717) is 27.9 Å². The van der Waals surface area contributed by atoms with Crippen molar-refractivity contribution < 1.29 is 0 Å². The van der Waals surface area contributed by atoms with Crippen LogP contribution in [0.2, 0.25) is 10.0 Å². The summed E-state index contributed by atoms with van der Waals surface area (Å²) >= 11 is 12.2. The number of H-pyrrole nitrogens is 1. The zero-order valence-electron chi connectivity index (χ0n) is 11.0. The molecule has 1 aliphatic rings. The average Bonchev–Trinajstić information content (AvgIpc) is 2.91. The lowest BCUT2D eigenvalue weighted by molar-refractivity contribution is 0.480. The second kappa shape index (κ2) is 5.60. The Balaban J connectivity index is 1.88. The van der Waals surface area contributed by atoms with Gasteiger partial charge in [0.25, 0.3) is 0 Å². The molecule has 0 spiro atoms. The second-order valence-corrected chi connectivity index (χ2v) is 5.75. The quantitative estimate of drug-likeness (QED) is 0.895. The Labute approximate surface area is 127 Å². The number of aromatic nitrogens is 3. The van der Waals surface area contributed by atoms with E-state index in [4.69, 9.17) is 23.2 Å². The lowest BCUT2D eigenvalue weighted by Gasteiger charge is -2.30. The van der Waals surface area contributed by atoms with Crippen LogP contribution < -0.4 is 10.2 Å². The van der Waals surface area contributed by atoms with Gasteiger partial charge in [-0.2, -0.15) is 4.98 Å². The number of nitrogens with zero attached hydrogens (tertiary/aromatic N) is 3. The van der Waals surface area contributed by atoms with Crippen LogP contribution in [0.15, 0.2) is 18.2 Å². The largest absolute Gasteiger partial charge is 0.337 e. The summed E-state index contributed by atoms with van der Waals surface area (Å²) in [6.45, 7) is 4.86. The van der Waals surface area contributed by atoms with Crippen molar-refractivity contribution in [1.29, 1.82) is 0 Å². The van der Waals surface area contributed by atoms with Crippen LogP contribution in [-0.4, -0.2) is 40.9 Å². The number of halogens is 2. The number of piperazine rings is 1. The summed E-state index contributed by atoms with van der Waals surface area (Å²) in [4.78, 5) is 6.68. The molecule has 1 saturated heterocycles. The molecule has 0 aliphatic carbocycles. The highest BCUT2D eigenvalue weighted by molar-refractivity contribution is 6.35. The number of hydrogen-bond donors (Lipinski definition) is 2. The minimum atomic E-state index is 0.431. The Morgan fingerprint density at radius 2 is 2.20 bits per heavy atom. The molecule has 2 heterocycles. The van der Waals surface area contributed by atoms with Crippen LogP contribution in [-0.2, 0) is 0 Å². The first-order valence-corrected chi connectivity index (χ1v) is 7.25. The zero-order chi connectivity index (χ0) is 14.1. The van der Waals surface area contributed by atoms with Crippen molar-refractivity contribution in [2.45, 2.75) is 13.0 Å². The number of hydrogen-bond acceptors (Lipinski definition) is 4. The van der Waals surface area contributed by atoms with Gasteiger partial charge in [-0.25, -0.2) is 0 Å². The normalized spacial score (nSPS) is 19.4. The highest BCUT2D eigenvalue weighted by atomic mass is 35.5. The van der Waals surface area contributed by atoms with E-state index in [0.717, 1.165) is 25.2 Å². The third kappa shape index (κ3) is 2.75. The molecule has 3 rings (SSSR count). The molecule has 20 heavy (non-hydrogen) atoms. The Hall–Kier alpha value is -1.30. The molecule has 1 aromatic carbocycles. The third-order valence-electron chi connectivity index (χ3n) is 3.31. The summed E-state index contributed by atoms with van der Waals surface area (Å²) < 4.78 is 0. The Morgan fingerprint density at radius 1 is 1.35 bits per heavy atom. The fraction of sp³-hybridized carbons (Fsp3) is 0.385. The van der Waals surface area contributed by atoms with Crippen LogP contribution in [0.3, 0.4) is 0 Å². The van der Waals surface area contributed by atoms with Gasteiger partial charge < -0.3 is 10.2 Å². The summed E-state index contributed by atoms with van der Waals surface area (Å²) in [7, 11) is 0. The minimum Gasteiger partial charge on any atom is -0.337 e. The molecule has 1 unspecified atom stereocenters. The van der Waals surface area contributed by atoms with Crippen LogP contribution >= 0.6 is 23.2 Å². The first kappa shape index (κ1) is 13.7. The topological polar surface area (TPSA) is 56.8 Å². The van der Waals surface area contributed by atoms with Crippen molar-refractivity contribution in [1.82, 2.24) is 20.5 Å². The number of nitrogens with one attached hydrogen (secondary N) is 2. The molecule has 7 heteroatoms. The lowest BCUT2D eigenvalue weighted by atomic mass is 10.2. The fourth-order valence-corrected chi connectivity index (χ4v) is 2.69. The van der Waals surface area contributed by atoms with Gasteiger partial charge in [0.2, 0.25) is 5.95 Å². The van der Waals surface area contributed by atoms with Gasteiger partial charge in [0.05, 0.1) is 5.02 Å². The van der Waals surface area contributed by atoms with Gasteiger partial charge in [-0.3, -0.25) is 5.10 Å². The molecule has 0 saturated carbocycles. The predicted molar refractivity (Wildman–Crippen MR) is 81.5 cm³/mol. The van der Waals surface area contributed by atoms with Gasteiger partial charge in [0, 0.05) is 36.3 Å². The molecule has 2 aromatic rings. The Kier molecular flexibility index (Phi) is 3.83. The van der Waals surface area contributed by atoms with Gasteiger partial charge in [0.15, 0.2) is 5.82 Å². The van der Waals surface area contributed by atoms with Gasteiger partial charge in [0.1, 0.15) is 0 Å². The van der Waals surface area contributed by atoms with Gasteiger partial charge >= 0.3 is 0 Å². The fourth-order valence-electron chi connectivity index (χ4n) is 2.31. The van der Waals surface area contributed by atoms with E-state index < -0.39 is 0 Å². The van der Waals surface area contributed by atoms with Crippen molar-refractivity contribution in [2.75, 3.05) is 24.5 Å². The molecule has 2 N–H and O–H groups in total. The second-order valence-electron chi connectivity index (χ2n) is 4.91. The lowest BCUT2D eigenvalue weighted by Crippen LogP contribution is -2.49. The summed E-state index contributed by atoms with van der Waals surface area (Å²) in [6.07, 6.45) is 0. The molecule has 0 amide bonds. The standard InChI is InChI=1S/C13H15Cl2N5/c1-8-7-20(5-4-16-8)13-17-12(18-19-13)10-6-9(14)2-3-11(10)15/h2-3,6,8,16H,4-5,7H2,1H3,(H,17,18,19). The van der Waals surface area contributed by atoms with Crippen LogP contribution in [0, 0.1) is 0 Å². The predicted octanol–water partition coefficient (Wildman–Crippen LogP) is 2.58. The minimum absolute atomic E-state index is 0.431. The number of benzene rings is 1. The van der Waals surface area contributed by atoms with E-state index in [2.05, 4.69) is 32.3 Å². The van der Waals surface area contributed by atoms with Crippen LogP contribution in [0.4, 0.5) is 5.95 Å². The molecule has 0 radical (unpaired) electrons. The smallest absolute Gasteiger partial charge is 0.245 e. The van der Waals surface area contributed by atoms with E-state index in [1.807, 2.05) is 0 Å². The summed E-state index contributed by atoms with van der Waals surface area (Å²) in [5, 5.41) is 11.8. The summed E-state index contributed by atoms with van der Waals surface area (Å²) in [5.41, 5.74) is 0.765. The Bertz CT molecular complexity index is 613. The van der Waals surface area contributed by atoms with Gasteiger partial charge in [-0.15, -0.1) is 5.10 Å². The maximum Gasteiger partial charge on any atom is 0.245 e. The molecular formula is C13H15Cl2N5. The van der Waals surface area contributed by atoms with Crippen molar-refractivity contribution in [3.63, 3.8) is 0 Å². The Morgan fingerprint density at radius 3 is 3.00 bits per heavy atom. The van der Waals surface area contributed by atoms with Gasteiger partial charge in [-0.05, 0) is 25.1 Å². The van der Waals surface area contributed by atoms with Crippen molar-refractivity contribution in [3.8, 4) is 11.4 Å². The van der Waals surface area contributed by atoms with Crippen molar-refractivity contribution in [3.05, 3.63) is 28.2 Å². The zero-order valence-corrected chi connectivity index (χ0v) is 12.5. The molecule has 1 aromatic heterocycles. The molecule has 5 nitrogen and oxygen atoms in total. The highest BCUT2D eigenvalue weighted by Crippen LogP contribution is 2.29. The van der Waals surface area contributed by atoms with E-state index >= 15 is 0 Å². The highest BCUT2D eigenvalue weighted by Gasteiger charge is 2.20. The van der Waals surface area contributed by atoms with E-state index in [-0.39, 0.29) is 0 Å². The number of aromatic amines is 1. The van der Waals surface area contributed by atoms with Crippen molar-refractivity contribution >= 4 is 29.2 Å². The van der Waals surface area contributed by atoms with Crippen LogP contribution in [0.25, 0.3) is 11.4 Å². The maximum absolute atomic E-state index is 6.18. The molecule has 0 bridgehead atoms. The summed E-state index contributed by atoms with van der Waals surface area (Å²) in [5.74, 6) is 1.34. The van der Waals surface area contributed by atoms with E-state index in [1.165, 1.54) is 0 Å². The molecule has 1 atom stereocenters. The average molecular weight is 312 g/mol. The van der Waals surface area contributed by atoms with Gasteiger partial charge in [-0.1, -0.05) is 23.2 Å². The maximum atomic E-state index is 6.18. The first-order valence-electron chi connectivity index (χ1n) is 6.49. The van der Waals surface area contributed by atoms with Crippen molar-refractivity contribution in [2.24, 2.45) is 0 Å². The molecule has 106 valence electrons. The number of anilines is 1. The molecular weight excluding hydrogens is 297 g/mol. The molecule has 1 aliphatic heterocycles. The van der Waals surface area contributed by atoms with Crippen LogP contribution in [0.1, 0.15) is 6.92 Å². The SMILES string of the molecule is CC1CN(c2n[nH]c(-c3cc(Cl)ccc3Cl)n2)CCN1. The van der Waals surface area contributed by atoms with E-state index in [1.54, 1.807) is 18.2 Å². The summed E-state index contributed by atoms with van der Waals surface area (Å²) in [6, 6.07) is 5.73. The van der Waals surface area contributed by atoms with E-state index in [9.17, 15) is 0 Å².